The van der Waals surface area contributed by atoms with Gasteiger partial charge in [-0.2, -0.15) is 0 Å². The Morgan fingerprint density at radius 1 is 1.48 bits per heavy atom. The molecule has 2 amide bonds. The fourth-order valence-corrected chi connectivity index (χ4v) is 2.21. The van der Waals surface area contributed by atoms with Crippen molar-refractivity contribution >= 4 is 29.0 Å². The van der Waals surface area contributed by atoms with E-state index in [2.05, 4.69) is 10.3 Å². The second-order valence-electron chi connectivity index (χ2n) is 4.23. The molecule has 0 saturated carbocycles. The first-order chi connectivity index (χ1) is 9.99. The summed E-state index contributed by atoms with van der Waals surface area (Å²) in [5, 5.41) is 13.1. The number of carboxylic acid groups (broad SMARTS) is 1. The predicted molar refractivity (Wildman–Crippen MR) is 76.0 cm³/mol. The standard InChI is InChI=1S/C13H12FN3O3S/c1-17(5-8-6-21-7-15-8)13(20)16-11-9(12(18)19)3-2-4-10(11)14/h2-4,6-7H,5H2,1H3,(H,16,20)(H,18,19). The molecular formula is C13H12FN3O3S. The maximum Gasteiger partial charge on any atom is 0.337 e. The van der Waals surface area contributed by atoms with Crippen LogP contribution in [0.1, 0.15) is 16.1 Å². The van der Waals surface area contributed by atoms with E-state index < -0.39 is 17.8 Å². The quantitative estimate of drug-likeness (QED) is 0.909. The molecular weight excluding hydrogens is 297 g/mol. The zero-order valence-corrected chi connectivity index (χ0v) is 11.9. The topological polar surface area (TPSA) is 82.5 Å². The number of thiazole rings is 1. The number of hydrogen-bond acceptors (Lipinski definition) is 4. The summed E-state index contributed by atoms with van der Waals surface area (Å²) in [6.45, 7) is 0.242. The fourth-order valence-electron chi connectivity index (χ4n) is 1.66. The van der Waals surface area contributed by atoms with Crippen LogP contribution in [0.4, 0.5) is 14.9 Å². The Bertz CT molecular complexity index is 661. The van der Waals surface area contributed by atoms with Crippen molar-refractivity contribution in [3.63, 3.8) is 0 Å². The Hall–Kier alpha value is -2.48. The van der Waals surface area contributed by atoms with Crippen LogP contribution in [-0.2, 0) is 6.54 Å². The maximum absolute atomic E-state index is 13.7. The number of nitrogens with zero attached hydrogens (tertiary/aromatic N) is 2. The third-order valence-corrected chi connectivity index (χ3v) is 3.34. The molecule has 0 fully saturated rings. The van der Waals surface area contributed by atoms with E-state index in [0.29, 0.717) is 5.69 Å². The van der Waals surface area contributed by atoms with Gasteiger partial charge in [0.2, 0.25) is 0 Å². The molecule has 0 atom stereocenters. The largest absolute Gasteiger partial charge is 0.478 e. The zero-order chi connectivity index (χ0) is 15.4. The number of rotatable bonds is 4. The summed E-state index contributed by atoms with van der Waals surface area (Å²) in [6, 6.07) is 2.97. The van der Waals surface area contributed by atoms with Gasteiger partial charge in [0.05, 0.1) is 29.0 Å². The van der Waals surface area contributed by atoms with Crippen molar-refractivity contribution in [3.8, 4) is 0 Å². The maximum atomic E-state index is 13.7. The average Bonchev–Trinajstić information content (AvgIpc) is 2.93. The fraction of sp³-hybridized carbons (Fsp3) is 0.154. The van der Waals surface area contributed by atoms with Crippen LogP contribution in [0.3, 0.4) is 0 Å². The van der Waals surface area contributed by atoms with Crippen molar-refractivity contribution < 1.29 is 19.1 Å². The van der Waals surface area contributed by atoms with Gasteiger partial charge in [-0.1, -0.05) is 6.07 Å². The van der Waals surface area contributed by atoms with E-state index >= 15 is 0 Å². The van der Waals surface area contributed by atoms with Gasteiger partial charge >= 0.3 is 12.0 Å². The summed E-state index contributed by atoms with van der Waals surface area (Å²) in [4.78, 5) is 28.4. The van der Waals surface area contributed by atoms with E-state index in [0.717, 1.165) is 6.07 Å². The number of carboxylic acids is 1. The molecule has 2 aromatic rings. The van der Waals surface area contributed by atoms with Gasteiger partial charge in [-0.25, -0.2) is 19.0 Å². The van der Waals surface area contributed by atoms with Gasteiger partial charge in [-0.15, -0.1) is 11.3 Å². The number of urea groups is 1. The van der Waals surface area contributed by atoms with E-state index in [1.54, 1.807) is 10.9 Å². The van der Waals surface area contributed by atoms with Gasteiger partial charge in [0.15, 0.2) is 0 Å². The van der Waals surface area contributed by atoms with Gasteiger partial charge in [0, 0.05) is 12.4 Å². The number of para-hydroxylation sites is 1. The summed E-state index contributed by atoms with van der Waals surface area (Å²) in [7, 11) is 1.51. The molecule has 6 nitrogen and oxygen atoms in total. The van der Waals surface area contributed by atoms with Crippen LogP contribution < -0.4 is 5.32 Å². The first-order valence-electron chi connectivity index (χ1n) is 5.90. The lowest BCUT2D eigenvalue weighted by Crippen LogP contribution is -2.31. The Morgan fingerprint density at radius 3 is 2.86 bits per heavy atom. The van der Waals surface area contributed by atoms with Crippen LogP contribution in [0, 0.1) is 5.82 Å². The zero-order valence-electron chi connectivity index (χ0n) is 11.0. The molecule has 0 bridgehead atoms. The lowest BCUT2D eigenvalue weighted by Gasteiger charge is -2.18. The molecule has 8 heteroatoms. The molecule has 0 spiro atoms. The van der Waals surface area contributed by atoms with E-state index in [1.165, 1.54) is 35.4 Å². The summed E-state index contributed by atoms with van der Waals surface area (Å²) in [5.41, 5.74) is 1.69. The highest BCUT2D eigenvalue weighted by Crippen LogP contribution is 2.20. The highest BCUT2D eigenvalue weighted by atomic mass is 32.1. The summed E-state index contributed by atoms with van der Waals surface area (Å²) >= 11 is 1.40. The molecule has 1 heterocycles. The lowest BCUT2D eigenvalue weighted by atomic mass is 10.1. The predicted octanol–water partition coefficient (Wildman–Crippen LogP) is 2.64. The second kappa shape index (κ2) is 6.31. The number of halogens is 1. The highest BCUT2D eigenvalue weighted by molar-refractivity contribution is 7.07. The Labute approximate surface area is 123 Å². The first kappa shape index (κ1) is 14.9. The normalized spacial score (nSPS) is 10.2. The monoisotopic (exact) mass is 309 g/mol. The van der Waals surface area contributed by atoms with E-state index in [4.69, 9.17) is 5.11 Å². The molecule has 2 rings (SSSR count). The van der Waals surface area contributed by atoms with Crippen LogP contribution in [0.25, 0.3) is 0 Å². The third kappa shape index (κ3) is 3.54. The van der Waals surface area contributed by atoms with Crippen LogP contribution in [-0.4, -0.2) is 34.0 Å². The van der Waals surface area contributed by atoms with Crippen LogP contribution in [0.5, 0.6) is 0 Å². The van der Waals surface area contributed by atoms with E-state index in [-0.39, 0.29) is 17.8 Å². The number of aromatic nitrogens is 1. The van der Waals surface area contributed by atoms with Crippen molar-refractivity contribution in [3.05, 3.63) is 46.2 Å². The highest BCUT2D eigenvalue weighted by Gasteiger charge is 2.18. The molecule has 0 unspecified atom stereocenters. The average molecular weight is 309 g/mol. The molecule has 0 aliphatic rings. The smallest absolute Gasteiger partial charge is 0.337 e. The lowest BCUT2D eigenvalue weighted by molar-refractivity contribution is 0.0697. The molecule has 0 aliphatic heterocycles. The van der Waals surface area contributed by atoms with Crippen molar-refractivity contribution in [2.45, 2.75) is 6.54 Å². The van der Waals surface area contributed by atoms with Gasteiger partial charge in [-0.3, -0.25) is 0 Å². The molecule has 0 saturated heterocycles. The molecule has 110 valence electrons. The Balaban J connectivity index is 2.14. The van der Waals surface area contributed by atoms with Crippen LogP contribution >= 0.6 is 11.3 Å². The molecule has 0 aliphatic carbocycles. The van der Waals surface area contributed by atoms with Gasteiger partial charge < -0.3 is 15.3 Å². The third-order valence-electron chi connectivity index (χ3n) is 2.71. The number of anilines is 1. The number of benzene rings is 1. The SMILES string of the molecule is CN(Cc1cscn1)C(=O)Nc1c(F)cccc1C(=O)O. The second-order valence-corrected chi connectivity index (χ2v) is 4.95. The summed E-state index contributed by atoms with van der Waals surface area (Å²) in [5.74, 6) is -2.11. The molecule has 21 heavy (non-hydrogen) atoms. The van der Waals surface area contributed by atoms with Gasteiger partial charge in [-0.05, 0) is 12.1 Å². The van der Waals surface area contributed by atoms with Crippen molar-refractivity contribution in [1.29, 1.82) is 0 Å². The summed E-state index contributed by atoms with van der Waals surface area (Å²) < 4.78 is 13.7. The van der Waals surface area contributed by atoms with E-state index in [9.17, 15) is 14.0 Å². The van der Waals surface area contributed by atoms with E-state index in [1.807, 2.05) is 0 Å². The molecule has 1 aromatic carbocycles. The number of carbonyl (C=O) groups excluding carboxylic acids is 1. The minimum atomic E-state index is -1.31. The number of hydrogen-bond donors (Lipinski definition) is 2. The molecule has 1 aromatic heterocycles. The summed E-state index contributed by atoms with van der Waals surface area (Å²) in [6.07, 6.45) is 0. The molecule has 0 radical (unpaired) electrons. The minimum absolute atomic E-state index is 0.242. The van der Waals surface area contributed by atoms with Gasteiger partial charge in [0.25, 0.3) is 0 Å². The van der Waals surface area contributed by atoms with Crippen LogP contribution in [0.15, 0.2) is 29.1 Å². The number of carbonyl (C=O) groups is 2. The molecule has 2 N–H and O–H groups in total. The van der Waals surface area contributed by atoms with Crippen molar-refractivity contribution in [2.24, 2.45) is 0 Å². The minimum Gasteiger partial charge on any atom is -0.478 e. The Kier molecular flexibility index (Phi) is 4.49. The number of amides is 2. The van der Waals surface area contributed by atoms with Gasteiger partial charge in [0.1, 0.15) is 5.82 Å². The number of nitrogens with one attached hydrogen (secondary N) is 1. The number of aromatic carboxylic acids is 1. The van der Waals surface area contributed by atoms with Crippen LogP contribution in [0.2, 0.25) is 0 Å². The Morgan fingerprint density at radius 2 is 2.24 bits per heavy atom. The first-order valence-corrected chi connectivity index (χ1v) is 6.84. The van der Waals surface area contributed by atoms with Crippen molar-refractivity contribution in [2.75, 3.05) is 12.4 Å². The van der Waals surface area contributed by atoms with Crippen molar-refractivity contribution in [1.82, 2.24) is 9.88 Å².